The van der Waals surface area contributed by atoms with E-state index in [1.807, 2.05) is 6.92 Å². The van der Waals surface area contributed by atoms with Crippen molar-refractivity contribution in [3.8, 4) is 0 Å². The Morgan fingerprint density at radius 2 is 2.00 bits per heavy atom. The van der Waals surface area contributed by atoms with Gasteiger partial charge in [-0.3, -0.25) is 9.59 Å². The predicted molar refractivity (Wildman–Crippen MR) is 77.9 cm³/mol. The Balaban J connectivity index is 0.00000180. The molecule has 1 saturated carbocycles. The van der Waals surface area contributed by atoms with Crippen molar-refractivity contribution in [2.24, 2.45) is 0 Å². The highest BCUT2D eigenvalue weighted by Gasteiger charge is 2.25. The summed E-state index contributed by atoms with van der Waals surface area (Å²) in [5.74, 6) is -0.0714. The fourth-order valence-electron chi connectivity index (χ4n) is 1.75. The van der Waals surface area contributed by atoms with Gasteiger partial charge in [-0.15, -0.1) is 12.4 Å². The minimum absolute atomic E-state index is 0. The quantitative estimate of drug-likeness (QED) is 0.815. The van der Waals surface area contributed by atoms with Gasteiger partial charge in [0.2, 0.25) is 5.91 Å². The average Bonchev–Trinajstić information content (AvgIpc) is 3.13. The first kappa shape index (κ1) is 15.7. The maximum atomic E-state index is 11.9. The summed E-state index contributed by atoms with van der Waals surface area (Å²) in [5, 5.41) is 6.05. The summed E-state index contributed by atoms with van der Waals surface area (Å²) in [5.41, 5.74) is 1.27. The zero-order valence-corrected chi connectivity index (χ0v) is 11.9. The van der Waals surface area contributed by atoms with Gasteiger partial charge >= 0.3 is 0 Å². The van der Waals surface area contributed by atoms with Crippen molar-refractivity contribution in [3.63, 3.8) is 0 Å². The molecule has 1 aliphatic carbocycles. The summed E-state index contributed by atoms with van der Waals surface area (Å²) >= 11 is 0. The zero-order valence-electron chi connectivity index (χ0n) is 11.1. The Morgan fingerprint density at radius 1 is 1.32 bits per heavy atom. The molecule has 0 saturated heterocycles. The van der Waals surface area contributed by atoms with Crippen LogP contribution in [0, 0.1) is 0 Å². The summed E-state index contributed by atoms with van der Waals surface area (Å²) in [7, 11) is 0. The molecular formula is C14H19ClN2O2. The Hall–Kier alpha value is -1.39. The molecule has 1 aromatic rings. The molecule has 1 aliphatic rings. The number of rotatable bonds is 5. The van der Waals surface area contributed by atoms with Gasteiger partial charge in [0.1, 0.15) is 0 Å². The van der Waals surface area contributed by atoms with Crippen LogP contribution in [0.4, 0.5) is 5.69 Å². The van der Waals surface area contributed by atoms with Crippen LogP contribution in [-0.4, -0.2) is 23.8 Å². The van der Waals surface area contributed by atoms with Crippen molar-refractivity contribution in [2.75, 3.05) is 5.32 Å². The van der Waals surface area contributed by atoms with Crippen LogP contribution in [0.1, 0.15) is 37.0 Å². The SMILES string of the molecule is CC(=O)c1cccc(NC(=O)C(C)NC2CC2)c1.Cl. The first-order chi connectivity index (χ1) is 8.56. The molecular weight excluding hydrogens is 264 g/mol. The third kappa shape index (κ3) is 4.65. The Kier molecular flexibility index (Phi) is 5.51. The van der Waals surface area contributed by atoms with Crippen molar-refractivity contribution in [1.82, 2.24) is 5.32 Å². The second kappa shape index (κ2) is 6.68. The van der Waals surface area contributed by atoms with E-state index in [1.54, 1.807) is 24.3 Å². The van der Waals surface area contributed by atoms with Gasteiger partial charge in [0.15, 0.2) is 5.78 Å². The van der Waals surface area contributed by atoms with E-state index in [-0.39, 0.29) is 30.1 Å². The van der Waals surface area contributed by atoms with Crippen LogP contribution in [0.3, 0.4) is 0 Å². The molecule has 0 radical (unpaired) electrons. The largest absolute Gasteiger partial charge is 0.325 e. The molecule has 0 bridgehead atoms. The van der Waals surface area contributed by atoms with E-state index < -0.39 is 0 Å². The van der Waals surface area contributed by atoms with Crippen LogP contribution in [0.5, 0.6) is 0 Å². The number of hydrogen-bond acceptors (Lipinski definition) is 3. The minimum Gasteiger partial charge on any atom is -0.325 e. The van der Waals surface area contributed by atoms with E-state index in [2.05, 4.69) is 10.6 Å². The molecule has 1 aromatic carbocycles. The monoisotopic (exact) mass is 282 g/mol. The number of carbonyl (C=O) groups is 2. The van der Waals surface area contributed by atoms with E-state index >= 15 is 0 Å². The molecule has 1 atom stereocenters. The van der Waals surface area contributed by atoms with E-state index in [1.165, 1.54) is 6.92 Å². The normalized spacial score (nSPS) is 15.3. The number of hydrogen-bond donors (Lipinski definition) is 2. The maximum Gasteiger partial charge on any atom is 0.241 e. The van der Waals surface area contributed by atoms with E-state index in [9.17, 15) is 9.59 Å². The minimum atomic E-state index is -0.210. The van der Waals surface area contributed by atoms with Crippen LogP contribution in [-0.2, 0) is 4.79 Å². The molecule has 0 spiro atoms. The summed E-state index contributed by atoms with van der Waals surface area (Å²) in [6.07, 6.45) is 2.30. The number of halogens is 1. The lowest BCUT2D eigenvalue weighted by Gasteiger charge is -2.13. The lowest BCUT2D eigenvalue weighted by molar-refractivity contribution is -0.117. The second-order valence-electron chi connectivity index (χ2n) is 4.79. The number of Topliss-reactive ketones (excluding diaryl/α,β-unsaturated/α-hetero) is 1. The standard InChI is InChI=1S/C14H18N2O2.ClH/c1-9(15-12-6-7-12)14(18)16-13-5-3-4-11(8-13)10(2)17;/h3-5,8-9,12,15H,6-7H2,1-2H3,(H,16,18);1H. The van der Waals surface area contributed by atoms with Crippen molar-refractivity contribution in [2.45, 2.75) is 38.8 Å². The van der Waals surface area contributed by atoms with Crippen molar-refractivity contribution in [1.29, 1.82) is 0 Å². The number of nitrogens with one attached hydrogen (secondary N) is 2. The summed E-state index contributed by atoms with van der Waals surface area (Å²) < 4.78 is 0. The second-order valence-corrected chi connectivity index (χ2v) is 4.79. The fraction of sp³-hybridized carbons (Fsp3) is 0.429. The number of anilines is 1. The van der Waals surface area contributed by atoms with Gasteiger partial charge in [-0.05, 0) is 38.8 Å². The lowest BCUT2D eigenvalue weighted by atomic mass is 10.1. The highest BCUT2D eigenvalue weighted by atomic mass is 35.5. The lowest BCUT2D eigenvalue weighted by Crippen LogP contribution is -2.39. The molecule has 5 heteroatoms. The molecule has 2 rings (SSSR count). The molecule has 1 unspecified atom stereocenters. The van der Waals surface area contributed by atoms with Gasteiger partial charge in [-0.1, -0.05) is 12.1 Å². The summed E-state index contributed by atoms with van der Waals surface area (Å²) in [4.78, 5) is 23.1. The molecule has 104 valence electrons. The third-order valence-electron chi connectivity index (χ3n) is 2.99. The predicted octanol–water partition coefficient (Wildman–Crippen LogP) is 2.39. The average molecular weight is 283 g/mol. The summed E-state index contributed by atoms with van der Waals surface area (Å²) in [6, 6.07) is 7.28. The van der Waals surface area contributed by atoms with Gasteiger partial charge in [0.25, 0.3) is 0 Å². The van der Waals surface area contributed by atoms with Crippen LogP contribution in [0.15, 0.2) is 24.3 Å². The molecule has 1 fully saturated rings. The van der Waals surface area contributed by atoms with Crippen molar-refractivity contribution >= 4 is 29.8 Å². The number of benzene rings is 1. The van der Waals surface area contributed by atoms with Crippen LogP contribution < -0.4 is 10.6 Å². The van der Waals surface area contributed by atoms with E-state index in [0.29, 0.717) is 17.3 Å². The Bertz CT molecular complexity index is 472. The smallest absolute Gasteiger partial charge is 0.241 e. The number of carbonyl (C=O) groups excluding carboxylic acids is 2. The van der Waals surface area contributed by atoms with Crippen molar-refractivity contribution in [3.05, 3.63) is 29.8 Å². The van der Waals surface area contributed by atoms with Crippen molar-refractivity contribution < 1.29 is 9.59 Å². The zero-order chi connectivity index (χ0) is 13.1. The Morgan fingerprint density at radius 3 is 2.58 bits per heavy atom. The molecule has 4 nitrogen and oxygen atoms in total. The van der Waals surface area contributed by atoms with Gasteiger partial charge in [0, 0.05) is 17.3 Å². The molecule has 19 heavy (non-hydrogen) atoms. The van der Waals surface area contributed by atoms with Crippen LogP contribution in [0.2, 0.25) is 0 Å². The number of ketones is 1. The van der Waals surface area contributed by atoms with Crippen LogP contribution >= 0.6 is 12.4 Å². The van der Waals surface area contributed by atoms with E-state index in [0.717, 1.165) is 12.8 Å². The Labute approximate surface area is 119 Å². The topological polar surface area (TPSA) is 58.2 Å². The van der Waals surface area contributed by atoms with Gasteiger partial charge in [-0.25, -0.2) is 0 Å². The maximum absolute atomic E-state index is 11.9. The van der Waals surface area contributed by atoms with Crippen LogP contribution in [0.25, 0.3) is 0 Å². The number of amides is 1. The molecule has 0 heterocycles. The molecule has 0 aliphatic heterocycles. The third-order valence-corrected chi connectivity index (χ3v) is 2.99. The van der Waals surface area contributed by atoms with Gasteiger partial charge in [-0.2, -0.15) is 0 Å². The highest BCUT2D eigenvalue weighted by molar-refractivity contribution is 5.98. The summed E-state index contributed by atoms with van der Waals surface area (Å²) in [6.45, 7) is 3.36. The van der Waals surface area contributed by atoms with Gasteiger partial charge < -0.3 is 10.6 Å². The first-order valence-corrected chi connectivity index (χ1v) is 6.24. The molecule has 1 amide bonds. The van der Waals surface area contributed by atoms with Gasteiger partial charge in [0.05, 0.1) is 6.04 Å². The fourth-order valence-corrected chi connectivity index (χ4v) is 1.75. The van der Waals surface area contributed by atoms with E-state index in [4.69, 9.17) is 0 Å². The highest BCUT2D eigenvalue weighted by Crippen LogP contribution is 2.19. The molecule has 2 N–H and O–H groups in total. The molecule has 0 aromatic heterocycles. The first-order valence-electron chi connectivity index (χ1n) is 6.24.